The molecule has 0 aromatic heterocycles. The van der Waals surface area contributed by atoms with Crippen LogP contribution in [0.5, 0.6) is 0 Å². The molecule has 0 fully saturated rings. The van der Waals surface area contributed by atoms with Crippen LogP contribution in [0.4, 0.5) is 5.69 Å². The smallest absolute Gasteiger partial charge is 0.100 e. The minimum Gasteiger partial charge on any atom is -0.188 e. The zero-order valence-electron chi connectivity index (χ0n) is 12.0. The average Bonchev–Trinajstić information content (AvgIpc) is 2.84. The number of hydrogen-bond acceptors (Lipinski definition) is 2. The van der Waals surface area contributed by atoms with Gasteiger partial charge in [0.15, 0.2) is 0 Å². The van der Waals surface area contributed by atoms with Gasteiger partial charge in [0.1, 0.15) is 6.01 Å². The van der Waals surface area contributed by atoms with Gasteiger partial charge in [-0.1, -0.05) is 54.2 Å². The lowest BCUT2D eigenvalue weighted by Gasteiger charge is -2.03. The number of fused-ring (bicyclic) bond motifs is 2. The molecule has 0 saturated heterocycles. The number of hydrogen-bond donors (Lipinski definition) is 0. The highest BCUT2D eigenvalue weighted by atomic mass is 14.8. The normalized spacial score (nSPS) is 16.0. The van der Waals surface area contributed by atoms with Gasteiger partial charge in [-0.05, 0) is 42.7 Å². The van der Waals surface area contributed by atoms with Crippen LogP contribution >= 0.6 is 0 Å². The summed E-state index contributed by atoms with van der Waals surface area (Å²) in [5, 5.41) is 0. The van der Waals surface area contributed by atoms with E-state index in [0.717, 1.165) is 17.8 Å². The first-order chi connectivity index (χ1) is 10.3. The summed E-state index contributed by atoms with van der Waals surface area (Å²) >= 11 is 0. The van der Waals surface area contributed by atoms with E-state index in [0.29, 0.717) is 0 Å². The Morgan fingerprint density at radius 2 is 1.71 bits per heavy atom. The molecule has 2 heteroatoms. The summed E-state index contributed by atoms with van der Waals surface area (Å²) in [6, 6.07) is 10.8. The zero-order chi connectivity index (χ0) is 14.5. The van der Waals surface area contributed by atoms with Gasteiger partial charge in [-0.3, -0.25) is 0 Å². The summed E-state index contributed by atoms with van der Waals surface area (Å²) in [4.78, 5) is 8.65. The number of rotatable bonds is 2. The first-order valence-electron chi connectivity index (χ1n) is 6.99. The average molecular weight is 272 g/mol. The predicted octanol–water partition coefficient (Wildman–Crippen LogP) is 5.07. The summed E-state index contributed by atoms with van der Waals surface area (Å²) < 4.78 is 0. The van der Waals surface area contributed by atoms with Crippen molar-refractivity contribution in [2.45, 2.75) is 13.3 Å². The number of nitrogens with zero attached hydrogens (tertiary/aromatic N) is 2. The molecule has 0 saturated carbocycles. The van der Waals surface area contributed by atoms with Crippen LogP contribution in [0.2, 0.25) is 0 Å². The first kappa shape index (κ1) is 13.3. The number of aliphatic imine (C=N–C) groups is 2. The van der Waals surface area contributed by atoms with E-state index in [1.807, 2.05) is 42.5 Å². The molecule has 2 nitrogen and oxygen atoms in total. The summed E-state index contributed by atoms with van der Waals surface area (Å²) in [6.45, 7) is 2.06. The second-order valence-electron chi connectivity index (χ2n) is 5.07. The van der Waals surface area contributed by atoms with Crippen molar-refractivity contribution in [2.24, 2.45) is 9.98 Å². The Morgan fingerprint density at radius 1 is 0.905 bits per heavy atom. The van der Waals surface area contributed by atoms with Gasteiger partial charge in [-0.2, -0.15) is 9.98 Å². The van der Waals surface area contributed by atoms with E-state index in [2.05, 4.69) is 47.2 Å². The van der Waals surface area contributed by atoms with Crippen LogP contribution in [-0.4, -0.2) is 6.01 Å². The third kappa shape index (κ3) is 3.44. The van der Waals surface area contributed by atoms with E-state index in [9.17, 15) is 0 Å². The molecule has 0 spiro atoms. The van der Waals surface area contributed by atoms with Crippen LogP contribution in [0.15, 0.2) is 93.6 Å². The lowest BCUT2D eigenvalue weighted by atomic mass is 10.1. The molecule has 102 valence electrons. The quantitative estimate of drug-likeness (QED) is 0.672. The van der Waals surface area contributed by atoms with Gasteiger partial charge in [0.25, 0.3) is 0 Å². The van der Waals surface area contributed by atoms with E-state index >= 15 is 0 Å². The molecular weight excluding hydrogens is 256 g/mol. The van der Waals surface area contributed by atoms with Gasteiger partial charge < -0.3 is 0 Å². The van der Waals surface area contributed by atoms with Crippen LogP contribution in [0.25, 0.3) is 0 Å². The molecule has 21 heavy (non-hydrogen) atoms. The van der Waals surface area contributed by atoms with Crippen LogP contribution in [0.3, 0.4) is 0 Å². The minimum atomic E-state index is 0.865. The van der Waals surface area contributed by atoms with Gasteiger partial charge in [0.2, 0.25) is 0 Å². The Bertz CT molecular complexity index is 747. The molecule has 2 bridgehead atoms. The molecule has 0 radical (unpaired) electrons. The van der Waals surface area contributed by atoms with Crippen molar-refractivity contribution in [1.29, 1.82) is 0 Å². The molecule has 0 heterocycles. The van der Waals surface area contributed by atoms with Crippen LogP contribution in [-0.2, 0) is 0 Å². The molecule has 0 amide bonds. The van der Waals surface area contributed by atoms with E-state index < -0.39 is 0 Å². The SMILES string of the molecule is Cc1ccc(N=C=NC2=CC=CC3=CC=CC=C2C3)cc1. The van der Waals surface area contributed by atoms with E-state index in [-0.39, 0.29) is 0 Å². The molecule has 0 aliphatic heterocycles. The number of benzene rings is 1. The number of allylic oxidation sites excluding steroid dienone is 9. The molecule has 1 aromatic rings. The topological polar surface area (TPSA) is 24.7 Å². The predicted molar refractivity (Wildman–Crippen MR) is 87.8 cm³/mol. The van der Waals surface area contributed by atoms with Crippen molar-refractivity contribution in [1.82, 2.24) is 0 Å². The number of aryl methyl sites for hydroxylation is 1. The van der Waals surface area contributed by atoms with Crippen molar-refractivity contribution < 1.29 is 0 Å². The highest BCUT2D eigenvalue weighted by molar-refractivity contribution is 5.57. The summed E-state index contributed by atoms with van der Waals surface area (Å²) in [7, 11) is 0. The van der Waals surface area contributed by atoms with Crippen LogP contribution < -0.4 is 0 Å². The van der Waals surface area contributed by atoms with Crippen molar-refractivity contribution in [3.8, 4) is 0 Å². The first-order valence-corrected chi connectivity index (χ1v) is 6.99. The lowest BCUT2D eigenvalue weighted by Crippen LogP contribution is -1.86. The van der Waals surface area contributed by atoms with Gasteiger partial charge in [0, 0.05) is 0 Å². The Morgan fingerprint density at radius 3 is 2.57 bits per heavy atom. The third-order valence-electron chi connectivity index (χ3n) is 3.39. The fourth-order valence-corrected chi connectivity index (χ4v) is 2.21. The summed E-state index contributed by atoms with van der Waals surface area (Å²) in [6.07, 6.45) is 15.4. The maximum Gasteiger partial charge on any atom is 0.100 e. The van der Waals surface area contributed by atoms with E-state index in [1.54, 1.807) is 0 Å². The zero-order valence-corrected chi connectivity index (χ0v) is 12.0. The molecular formula is C19H16N2. The molecule has 2 aliphatic carbocycles. The molecule has 0 N–H and O–H groups in total. The fourth-order valence-electron chi connectivity index (χ4n) is 2.21. The molecule has 3 rings (SSSR count). The van der Waals surface area contributed by atoms with Crippen molar-refractivity contribution in [3.63, 3.8) is 0 Å². The molecule has 0 unspecified atom stereocenters. The fraction of sp³-hybridized carbons (Fsp3) is 0.105. The molecule has 2 aliphatic rings. The second-order valence-corrected chi connectivity index (χ2v) is 5.07. The van der Waals surface area contributed by atoms with Crippen molar-refractivity contribution in [2.75, 3.05) is 0 Å². The van der Waals surface area contributed by atoms with Crippen molar-refractivity contribution in [3.05, 3.63) is 89.2 Å². The summed E-state index contributed by atoms with van der Waals surface area (Å²) in [5.74, 6) is 0. The van der Waals surface area contributed by atoms with Gasteiger partial charge in [0.05, 0.1) is 11.4 Å². The van der Waals surface area contributed by atoms with E-state index in [1.165, 1.54) is 16.7 Å². The maximum atomic E-state index is 4.39. The minimum absolute atomic E-state index is 0.865. The Hall–Kier alpha value is -2.70. The maximum absolute atomic E-state index is 4.39. The molecule has 0 atom stereocenters. The van der Waals surface area contributed by atoms with Crippen LogP contribution in [0, 0.1) is 6.92 Å². The Kier molecular flexibility index (Phi) is 3.90. The standard InChI is InChI=1S/C19H16N2/c1-15-9-11-18(12-10-15)20-14-21-19-8-4-6-16-5-2-3-7-17(19)13-16/h2-12H,13H2,1H3. The highest BCUT2D eigenvalue weighted by Gasteiger charge is 2.08. The second kappa shape index (κ2) is 6.17. The summed E-state index contributed by atoms with van der Waals surface area (Å²) in [5.41, 5.74) is 5.47. The van der Waals surface area contributed by atoms with Gasteiger partial charge in [-0.25, -0.2) is 0 Å². The third-order valence-corrected chi connectivity index (χ3v) is 3.39. The van der Waals surface area contributed by atoms with Gasteiger partial charge in [-0.15, -0.1) is 0 Å². The highest BCUT2D eigenvalue weighted by Crippen LogP contribution is 2.26. The largest absolute Gasteiger partial charge is 0.188 e. The Balaban J connectivity index is 1.85. The van der Waals surface area contributed by atoms with E-state index in [4.69, 9.17) is 0 Å². The van der Waals surface area contributed by atoms with Crippen molar-refractivity contribution >= 4 is 11.7 Å². The van der Waals surface area contributed by atoms with Crippen LogP contribution in [0.1, 0.15) is 12.0 Å². The van der Waals surface area contributed by atoms with Gasteiger partial charge >= 0.3 is 0 Å². The lowest BCUT2D eigenvalue weighted by molar-refractivity contribution is 1.15. The monoisotopic (exact) mass is 272 g/mol. The molecule has 1 aromatic carbocycles. The Labute approximate surface area is 125 Å².